The summed E-state index contributed by atoms with van der Waals surface area (Å²) in [5, 5.41) is 24.1. The standard InChI is InChI=1S/C43H47NO13/c1-27(46)44-33-35(34(32(23-45)54-42(33)50-2)51-24-28-15-7-3-8-16-28)56-43-39(55-41(49)31-21-13-6-14-22-31)37(53-26-30-19-11-5-12-20-30)36(38(57-43)40(47)48)52-25-29-17-9-4-10-18-29/h3-22,32-39,42-43,45H,23-26H2,1-2H3,(H,44,46)(H,47,48)/t32-,33-,34+,35-,36+,37+,38+,39-,42-,43-/m1/s1. The Morgan fingerprint density at radius 3 is 1.60 bits per heavy atom. The van der Waals surface area contributed by atoms with Gasteiger partial charge < -0.3 is 53.4 Å². The van der Waals surface area contributed by atoms with Crippen molar-refractivity contribution in [2.45, 2.75) is 88.1 Å². The zero-order chi connectivity index (χ0) is 40.1. The number of aliphatic hydroxyl groups excluding tert-OH is 1. The predicted octanol–water partition coefficient (Wildman–Crippen LogP) is 4.03. The third kappa shape index (κ3) is 10.9. The fraction of sp³-hybridized carbons (Fsp3) is 0.372. The number of hydrogen-bond donors (Lipinski definition) is 3. The van der Waals surface area contributed by atoms with Gasteiger partial charge in [-0.05, 0) is 28.8 Å². The van der Waals surface area contributed by atoms with Crippen LogP contribution < -0.4 is 5.32 Å². The fourth-order valence-electron chi connectivity index (χ4n) is 6.84. The number of benzene rings is 4. The minimum atomic E-state index is -1.71. The molecule has 0 aromatic heterocycles. The largest absolute Gasteiger partial charge is 0.479 e. The van der Waals surface area contributed by atoms with Crippen LogP contribution in [-0.4, -0.2) is 103 Å². The van der Waals surface area contributed by atoms with Crippen molar-refractivity contribution >= 4 is 17.8 Å². The Morgan fingerprint density at radius 2 is 1.12 bits per heavy atom. The van der Waals surface area contributed by atoms with Gasteiger partial charge in [0.15, 0.2) is 24.8 Å². The van der Waals surface area contributed by atoms with E-state index in [1.807, 2.05) is 91.0 Å². The zero-order valence-electron chi connectivity index (χ0n) is 31.5. The molecule has 6 rings (SSSR count). The van der Waals surface area contributed by atoms with Crippen LogP contribution in [0.1, 0.15) is 34.0 Å². The van der Waals surface area contributed by atoms with Crippen LogP contribution in [0.25, 0.3) is 0 Å². The maximum Gasteiger partial charge on any atom is 0.338 e. The highest BCUT2D eigenvalue weighted by Gasteiger charge is 2.56. The minimum Gasteiger partial charge on any atom is -0.479 e. The summed E-state index contributed by atoms with van der Waals surface area (Å²) in [4.78, 5) is 39.7. The molecule has 2 aliphatic rings. The molecule has 1 amide bonds. The highest BCUT2D eigenvalue weighted by atomic mass is 16.7. The van der Waals surface area contributed by atoms with E-state index in [4.69, 9.17) is 37.9 Å². The summed E-state index contributed by atoms with van der Waals surface area (Å²) in [6.45, 7) is 0.750. The van der Waals surface area contributed by atoms with Crippen molar-refractivity contribution in [3.8, 4) is 0 Å². The molecule has 14 heteroatoms. The molecule has 2 heterocycles. The molecule has 0 aliphatic carbocycles. The van der Waals surface area contributed by atoms with Crippen molar-refractivity contribution in [2.75, 3.05) is 13.7 Å². The average Bonchev–Trinajstić information content (AvgIpc) is 3.24. The van der Waals surface area contributed by atoms with Gasteiger partial charge in [-0.2, -0.15) is 0 Å². The summed E-state index contributed by atoms with van der Waals surface area (Å²) in [7, 11) is 1.36. The van der Waals surface area contributed by atoms with Crippen molar-refractivity contribution in [3.63, 3.8) is 0 Å². The first-order chi connectivity index (χ1) is 27.7. The number of aliphatic carboxylic acids is 1. The Hall–Kier alpha value is -5.03. The van der Waals surface area contributed by atoms with E-state index in [9.17, 15) is 24.6 Å². The van der Waals surface area contributed by atoms with Crippen LogP contribution in [0.2, 0.25) is 0 Å². The summed E-state index contributed by atoms with van der Waals surface area (Å²) in [5.74, 6) is -2.64. The monoisotopic (exact) mass is 785 g/mol. The third-order valence-corrected chi connectivity index (χ3v) is 9.57. The molecule has 0 unspecified atom stereocenters. The number of amides is 1. The second-order valence-corrected chi connectivity index (χ2v) is 13.6. The molecule has 2 saturated heterocycles. The summed E-state index contributed by atoms with van der Waals surface area (Å²) in [5.41, 5.74) is 2.49. The van der Waals surface area contributed by atoms with Gasteiger partial charge in [0, 0.05) is 14.0 Å². The molecule has 14 nitrogen and oxygen atoms in total. The van der Waals surface area contributed by atoms with E-state index in [0.29, 0.717) is 0 Å². The lowest BCUT2D eigenvalue weighted by Gasteiger charge is -2.49. The van der Waals surface area contributed by atoms with E-state index in [1.54, 1.807) is 30.3 Å². The highest BCUT2D eigenvalue weighted by molar-refractivity contribution is 5.89. The van der Waals surface area contributed by atoms with Gasteiger partial charge >= 0.3 is 11.9 Å². The van der Waals surface area contributed by atoms with Gasteiger partial charge in [0.1, 0.15) is 36.6 Å². The van der Waals surface area contributed by atoms with E-state index in [1.165, 1.54) is 14.0 Å². The number of aliphatic hydroxyl groups is 1. The second kappa shape index (κ2) is 20.4. The number of methoxy groups -OCH3 is 1. The van der Waals surface area contributed by atoms with Crippen molar-refractivity contribution in [2.24, 2.45) is 0 Å². The van der Waals surface area contributed by atoms with Gasteiger partial charge in [-0.25, -0.2) is 9.59 Å². The normalized spacial score (nSPS) is 27.3. The number of rotatable bonds is 17. The highest BCUT2D eigenvalue weighted by Crippen LogP contribution is 2.35. The maximum atomic E-state index is 13.9. The molecule has 0 saturated carbocycles. The van der Waals surface area contributed by atoms with Crippen molar-refractivity contribution in [1.82, 2.24) is 5.32 Å². The second-order valence-electron chi connectivity index (χ2n) is 13.6. The fourth-order valence-corrected chi connectivity index (χ4v) is 6.84. The Kier molecular flexibility index (Phi) is 14.9. The van der Waals surface area contributed by atoms with E-state index >= 15 is 0 Å². The van der Waals surface area contributed by atoms with Crippen LogP contribution in [0.5, 0.6) is 0 Å². The molecule has 4 aromatic carbocycles. The average molecular weight is 786 g/mol. The number of ether oxygens (including phenoxy) is 8. The first-order valence-electron chi connectivity index (χ1n) is 18.6. The minimum absolute atomic E-state index is 0.0254. The number of carbonyl (C=O) groups excluding carboxylic acids is 2. The molecule has 10 atom stereocenters. The Morgan fingerprint density at radius 1 is 0.632 bits per heavy atom. The number of hydrogen-bond acceptors (Lipinski definition) is 12. The Bertz CT molecular complexity index is 1850. The van der Waals surface area contributed by atoms with Gasteiger partial charge in [0.2, 0.25) is 5.91 Å². The van der Waals surface area contributed by atoms with Crippen molar-refractivity contribution in [1.29, 1.82) is 0 Å². The quantitative estimate of drug-likeness (QED) is 0.131. The van der Waals surface area contributed by atoms with Crippen molar-refractivity contribution in [3.05, 3.63) is 144 Å². The topological polar surface area (TPSA) is 178 Å². The molecule has 0 spiro atoms. The van der Waals surface area contributed by atoms with Gasteiger partial charge in [0.25, 0.3) is 0 Å². The van der Waals surface area contributed by atoms with Crippen molar-refractivity contribution < 1.29 is 62.5 Å². The first kappa shape index (κ1) is 41.6. The molecule has 2 fully saturated rings. The number of carboxylic acid groups (broad SMARTS) is 1. The van der Waals surface area contributed by atoms with Crippen LogP contribution in [0.4, 0.5) is 0 Å². The van der Waals surface area contributed by atoms with Crippen LogP contribution in [0.3, 0.4) is 0 Å². The molecule has 0 bridgehead atoms. The van der Waals surface area contributed by atoms with E-state index in [0.717, 1.165) is 16.7 Å². The lowest BCUT2D eigenvalue weighted by atomic mass is 9.94. The van der Waals surface area contributed by atoms with E-state index in [2.05, 4.69) is 5.32 Å². The molecule has 2 aliphatic heterocycles. The lowest BCUT2D eigenvalue weighted by molar-refractivity contribution is -0.348. The van der Waals surface area contributed by atoms with Crippen LogP contribution in [0.15, 0.2) is 121 Å². The summed E-state index contributed by atoms with van der Waals surface area (Å²) < 4.78 is 50.1. The number of nitrogens with one attached hydrogen (secondary N) is 1. The predicted molar refractivity (Wildman–Crippen MR) is 202 cm³/mol. The van der Waals surface area contributed by atoms with Gasteiger partial charge in [-0.1, -0.05) is 109 Å². The number of carbonyl (C=O) groups is 3. The van der Waals surface area contributed by atoms with E-state index in [-0.39, 0.29) is 25.4 Å². The SMILES string of the molecule is CO[C@@H]1O[C@H](CO)[C@H](OCc2ccccc2)[C@H](O[C@@H]2O[C@H](C(=O)O)[C@@H](OCc3ccccc3)[C@H](OCc3ccccc3)[C@H]2OC(=O)c2ccccc2)[C@H]1NC(C)=O. The molecular formula is C43H47NO13. The number of carboxylic acids is 1. The number of esters is 1. The van der Waals surface area contributed by atoms with Crippen LogP contribution in [0, 0.1) is 0 Å². The first-order valence-corrected chi connectivity index (χ1v) is 18.6. The third-order valence-electron chi connectivity index (χ3n) is 9.57. The Balaban J connectivity index is 1.42. The summed E-state index contributed by atoms with van der Waals surface area (Å²) >= 11 is 0. The smallest absolute Gasteiger partial charge is 0.338 e. The molecule has 302 valence electrons. The van der Waals surface area contributed by atoms with Gasteiger partial charge in [0.05, 0.1) is 32.0 Å². The molecule has 57 heavy (non-hydrogen) atoms. The molecule has 0 radical (unpaired) electrons. The maximum absolute atomic E-state index is 13.9. The van der Waals surface area contributed by atoms with E-state index < -0.39 is 85.8 Å². The molecule has 4 aromatic rings. The van der Waals surface area contributed by atoms with Gasteiger partial charge in [-0.3, -0.25) is 4.79 Å². The van der Waals surface area contributed by atoms with Gasteiger partial charge in [-0.15, -0.1) is 0 Å². The van der Waals surface area contributed by atoms with Crippen LogP contribution >= 0.6 is 0 Å². The molecule has 3 N–H and O–H groups in total. The summed E-state index contributed by atoms with van der Waals surface area (Å²) in [6.07, 6.45) is -12.0. The van der Waals surface area contributed by atoms with Crippen LogP contribution in [-0.2, 0) is 67.3 Å². The Labute approximate surface area is 330 Å². The summed E-state index contributed by atoms with van der Waals surface area (Å²) in [6, 6.07) is 34.7. The zero-order valence-corrected chi connectivity index (χ0v) is 31.5. The lowest BCUT2D eigenvalue weighted by Crippen LogP contribution is -2.69. The molecular weight excluding hydrogens is 738 g/mol.